The Kier molecular flexibility index (Phi) is 6.85. The monoisotopic (exact) mass is 446 g/mol. The molecule has 156 valence electrons. The molecule has 0 unspecified atom stereocenters. The van der Waals surface area contributed by atoms with Crippen molar-refractivity contribution in [3.05, 3.63) is 45.7 Å². The predicted molar refractivity (Wildman–Crippen MR) is 106 cm³/mol. The standard InChI is InChI=1S/C19H19Cl2F3N4O/c20-13-7-4-8-14(21)15(13)27-18-26-10-12(16(28-18)19(22,23)24)17(29)25-9-11-5-2-1-3-6-11/h4,7-8,10-11H,1-3,5-6,9H2,(H,25,29)(H,26,27,28). The van der Waals surface area contributed by atoms with Crippen molar-refractivity contribution >= 4 is 40.7 Å². The number of rotatable bonds is 5. The Labute approximate surface area is 176 Å². The molecule has 1 fully saturated rings. The Hall–Kier alpha value is -2.06. The summed E-state index contributed by atoms with van der Waals surface area (Å²) in [5.74, 6) is -0.923. The quantitative estimate of drug-likeness (QED) is 0.603. The number of benzene rings is 1. The van der Waals surface area contributed by atoms with Crippen molar-refractivity contribution in [2.75, 3.05) is 11.9 Å². The van der Waals surface area contributed by atoms with Crippen LogP contribution in [-0.2, 0) is 6.18 Å². The molecule has 1 heterocycles. The van der Waals surface area contributed by atoms with Crippen LogP contribution in [0.5, 0.6) is 0 Å². The molecule has 0 aliphatic heterocycles. The van der Waals surface area contributed by atoms with E-state index in [0.717, 1.165) is 38.3 Å². The van der Waals surface area contributed by atoms with Gasteiger partial charge in [0.2, 0.25) is 5.95 Å². The van der Waals surface area contributed by atoms with Gasteiger partial charge in [-0.2, -0.15) is 13.2 Å². The Morgan fingerprint density at radius 2 is 1.79 bits per heavy atom. The summed E-state index contributed by atoms with van der Waals surface area (Å²) in [4.78, 5) is 19.7. The average molecular weight is 447 g/mol. The van der Waals surface area contributed by atoms with Gasteiger partial charge in [0.05, 0.1) is 21.3 Å². The van der Waals surface area contributed by atoms with E-state index in [1.54, 1.807) is 6.07 Å². The minimum Gasteiger partial charge on any atom is -0.352 e. The van der Waals surface area contributed by atoms with Crippen molar-refractivity contribution in [2.45, 2.75) is 38.3 Å². The number of amides is 1. The fourth-order valence-electron chi connectivity index (χ4n) is 3.28. The van der Waals surface area contributed by atoms with Crippen molar-refractivity contribution < 1.29 is 18.0 Å². The summed E-state index contributed by atoms with van der Waals surface area (Å²) in [6.45, 7) is 0.339. The van der Waals surface area contributed by atoms with E-state index in [1.165, 1.54) is 12.1 Å². The first-order valence-electron chi connectivity index (χ1n) is 9.19. The number of alkyl halides is 3. The minimum atomic E-state index is -4.83. The molecular formula is C19H19Cl2F3N4O. The molecule has 2 aromatic rings. The van der Waals surface area contributed by atoms with E-state index in [-0.39, 0.29) is 27.6 Å². The largest absolute Gasteiger partial charge is 0.434 e. The van der Waals surface area contributed by atoms with E-state index in [1.807, 2.05) is 0 Å². The van der Waals surface area contributed by atoms with E-state index in [2.05, 4.69) is 20.6 Å². The number of para-hydroxylation sites is 1. The SMILES string of the molecule is O=C(NCC1CCCCC1)c1cnc(Nc2c(Cl)cccc2Cl)nc1C(F)(F)F. The highest BCUT2D eigenvalue weighted by atomic mass is 35.5. The topological polar surface area (TPSA) is 66.9 Å². The lowest BCUT2D eigenvalue weighted by atomic mass is 9.89. The van der Waals surface area contributed by atoms with Crippen LogP contribution >= 0.6 is 23.2 Å². The molecule has 1 aromatic heterocycles. The lowest BCUT2D eigenvalue weighted by Crippen LogP contribution is -2.32. The number of nitrogens with zero attached hydrogens (tertiary/aromatic N) is 2. The average Bonchev–Trinajstić information content (AvgIpc) is 2.69. The van der Waals surface area contributed by atoms with Crippen molar-refractivity contribution in [1.29, 1.82) is 0 Å². The van der Waals surface area contributed by atoms with Gasteiger partial charge in [0.25, 0.3) is 5.91 Å². The minimum absolute atomic E-state index is 0.179. The first-order valence-corrected chi connectivity index (χ1v) is 9.94. The maximum atomic E-state index is 13.5. The van der Waals surface area contributed by atoms with Crippen LogP contribution in [0.4, 0.5) is 24.8 Å². The van der Waals surface area contributed by atoms with E-state index in [0.29, 0.717) is 6.54 Å². The summed E-state index contributed by atoms with van der Waals surface area (Å²) >= 11 is 12.0. The fraction of sp³-hybridized carbons (Fsp3) is 0.421. The van der Waals surface area contributed by atoms with E-state index in [4.69, 9.17) is 23.2 Å². The van der Waals surface area contributed by atoms with Crippen molar-refractivity contribution in [2.24, 2.45) is 5.92 Å². The van der Waals surface area contributed by atoms with Crippen LogP contribution in [0.1, 0.15) is 48.2 Å². The third-order valence-electron chi connectivity index (χ3n) is 4.78. The number of hydrogen-bond acceptors (Lipinski definition) is 4. The lowest BCUT2D eigenvalue weighted by molar-refractivity contribution is -0.141. The summed E-state index contributed by atoms with van der Waals surface area (Å²) in [7, 11) is 0. The number of carbonyl (C=O) groups is 1. The molecule has 3 rings (SSSR count). The Morgan fingerprint density at radius 3 is 2.41 bits per heavy atom. The third-order valence-corrected chi connectivity index (χ3v) is 5.41. The lowest BCUT2D eigenvalue weighted by Gasteiger charge is -2.22. The molecule has 0 saturated heterocycles. The highest BCUT2D eigenvalue weighted by Gasteiger charge is 2.38. The van der Waals surface area contributed by atoms with Gasteiger partial charge in [-0.25, -0.2) is 9.97 Å². The summed E-state index contributed by atoms with van der Waals surface area (Å²) < 4.78 is 40.6. The van der Waals surface area contributed by atoms with E-state index >= 15 is 0 Å². The van der Waals surface area contributed by atoms with Crippen LogP contribution in [0.15, 0.2) is 24.4 Å². The van der Waals surface area contributed by atoms with E-state index in [9.17, 15) is 18.0 Å². The molecule has 1 aromatic carbocycles. The Bertz CT molecular complexity index is 866. The maximum Gasteiger partial charge on any atom is 0.434 e. The number of nitrogens with one attached hydrogen (secondary N) is 2. The van der Waals surface area contributed by atoms with Gasteiger partial charge >= 0.3 is 6.18 Å². The molecule has 0 atom stereocenters. The molecule has 0 radical (unpaired) electrons. The summed E-state index contributed by atoms with van der Waals surface area (Å²) in [6.07, 6.45) is 1.25. The van der Waals surface area contributed by atoms with Crippen molar-refractivity contribution in [3.63, 3.8) is 0 Å². The second kappa shape index (κ2) is 9.17. The number of aromatic nitrogens is 2. The number of hydrogen-bond donors (Lipinski definition) is 2. The van der Waals surface area contributed by atoms with Gasteiger partial charge in [-0.15, -0.1) is 0 Å². The van der Waals surface area contributed by atoms with Crippen LogP contribution < -0.4 is 10.6 Å². The van der Waals surface area contributed by atoms with Gasteiger partial charge < -0.3 is 10.6 Å². The zero-order chi connectivity index (χ0) is 21.0. The van der Waals surface area contributed by atoms with Gasteiger partial charge in [-0.3, -0.25) is 4.79 Å². The van der Waals surface area contributed by atoms with Crippen molar-refractivity contribution in [3.8, 4) is 0 Å². The molecule has 5 nitrogen and oxygen atoms in total. The molecule has 1 aliphatic rings. The van der Waals surface area contributed by atoms with Crippen LogP contribution in [0.25, 0.3) is 0 Å². The smallest absolute Gasteiger partial charge is 0.352 e. The second-order valence-electron chi connectivity index (χ2n) is 6.89. The summed E-state index contributed by atoms with van der Waals surface area (Å²) in [5.41, 5.74) is -1.76. The van der Waals surface area contributed by atoms with Gasteiger partial charge in [0.1, 0.15) is 0 Å². The molecule has 0 bridgehead atoms. The molecular weight excluding hydrogens is 428 g/mol. The normalized spacial score (nSPS) is 15.2. The van der Waals surface area contributed by atoms with Gasteiger partial charge in [-0.05, 0) is 30.9 Å². The van der Waals surface area contributed by atoms with Crippen molar-refractivity contribution in [1.82, 2.24) is 15.3 Å². The molecule has 1 aliphatic carbocycles. The fourth-order valence-corrected chi connectivity index (χ4v) is 3.77. The van der Waals surface area contributed by atoms with Crippen LogP contribution in [0.3, 0.4) is 0 Å². The van der Waals surface area contributed by atoms with Gasteiger partial charge in [0, 0.05) is 12.7 Å². The first-order chi connectivity index (χ1) is 13.8. The number of carbonyl (C=O) groups excluding carboxylic acids is 1. The molecule has 0 spiro atoms. The predicted octanol–water partition coefficient (Wildman–Crippen LogP) is 5.86. The van der Waals surface area contributed by atoms with Gasteiger partial charge in [-0.1, -0.05) is 48.5 Å². The van der Waals surface area contributed by atoms with Gasteiger partial charge in [0.15, 0.2) is 5.69 Å². The molecule has 1 saturated carbocycles. The van der Waals surface area contributed by atoms with E-state index < -0.39 is 23.3 Å². The van der Waals surface area contributed by atoms with Crippen LogP contribution in [0.2, 0.25) is 10.0 Å². The highest BCUT2D eigenvalue weighted by Crippen LogP contribution is 2.34. The second-order valence-corrected chi connectivity index (χ2v) is 7.70. The number of halogens is 5. The number of anilines is 2. The Morgan fingerprint density at radius 1 is 1.14 bits per heavy atom. The maximum absolute atomic E-state index is 13.5. The van der Waals surface area contributed by atoms with Crippen LogP contribution in [0, 0.1) is 5.92 Å². The third kappa shape index (κ3) is 5.51. The highest BCUT2D eigenvalue weighted by molar-refractivity contribution is 6.39. The zero-order valence-electron chi connectivity index (χ0n) is 15.3. The molecule has 2 N–H and O–H groups in total. The summed E-state index contributed by atoms with van der Waals surface area (Å²) in [5, 5.41) is 5.57. The molecule has 29 heavy (non-hydrogen) atoms. The molecule has 10 heteroatoms. The Balaban J connectivity index is 1.81. The van der Waals surface area contributed by atoms with Crippen LogP contribution in [-0.4, -0.2) is 22.4 Å². The zero-order valence-corrected chi connectivity index (χ0v) is 16.8. The summed E-state index contributed by atoms with van der Waals surface area (Å²) in [6, 6.07) is 4.64. The molecule has 1 amide bonds. The first kappa shape index (κ1) is 21.6.